The molecule has 0 aliphatic heterocycles. The normalized spacial score (nSPS) is 11.6. The van der Waals surface area contributed by atoms with Crippen molar-refractivity contribution in [2.75, 3.05) is 0 Å². The molecule has 0 aliphatic rings. The number of para-hydroxylation sites is 1. The molecule has 1 amide bonds. The molecule has 7 nitrogen and oxygen atoms in total. The van der Waals surface area contributed by atoms with Crippen LogP contribution >= 0.6 is 0 Å². The second-order valence-corrected chi connectivity index (χ2v) is 4.55. The second-order valence-electron chi connectivity index (χ2n) is 4.55. The third-order valence-corrected chi connectivity index (χ3v) is 2.99. The Kier molecular flexibility index (Phi) is 3.53. The van der Waals surface area contributed by atoms with E-state index < -0.39 is 5.91 Å². The van der Waals surface area contributed by atoms with E-state index in [1.807, 2.05) is 31.2 Å². The van der Waals surface area contributed by atoms with Crippen LogP contribution in [0.4, 0.5) is 5.95 Å². The second kappa shape index (κ2) is 5.65. The molecule has 2 heterocycles. The van der Waals surface area contributed by atoms with Gasteiger partial charge in [-0.05, 0) is 25.1 Å². The van der Waals surface area contributed by atoms with Crippen LogP contribution < -0.4 is 11.1 Å². The number of rotatable bonds is 2. The first-order valence-electron chi connectivity index (χ1n) is 6.56. The van der Waals surface area contributed by atoms with E-state index in [0.717, 1.165) is 16.6 Å². The van der Waals surface area contributed by atoms with Crippen molar-refractivity contribution >= 4 is 28.7 Å². The van der Waals surface area contributed by atoms with Gasteiger partial charge in [0, 0.05) is 5.39 Å². The lowest BCUT2D eigenvalue weighted by Gasteiger charge is -2.04. The number of aliphatic imine (C=N–C) groups is 1. The molecule has 0 fully saturated rings. The van der Waals surface area contributed by atoms with Gasteiger partial charge in [0.15, 0.2) is 5.76 Å². The number of aromatic nitrogens is 2. The molecule has 0 radical (unpaired) electrons. The summed E-state index contributed by atoms with van der Waals surface area (Å²) in [6.07, 6.45) is 1.40. The van der Waals surface area contributed by atoms with Crippen LogP contribution in [0.3, 0.4) is 0 Å². The summed E-state index contributed by atoms with van der Waals surface area (Å²) in [4.78, 5) is 24.3. The first-order chi connectivity index (χ1) is 10.6. The summed E-state index contributed by atoms with van der Waals surface area (Å²) in [6, 6.07) is 10.7. The van der Waals surface area contributed by atoms with Gasteiger partial charge in [-0.2, -0.15) is 4.99 Å². The van der Waals surface area contributed by atoms with Crippen molar-refractivity contribution in [2.45, 2.75) is 6.92 Å². The predicted molar refractivity (Wildman–Crippen MR) is 81.7 cm³/mol. The van der Waals surface area contributed by atoms with Crippen LogP contribution in [0, 0.1) is 6.92 Å². The number of guanidine groups is 1. The number of nitrogens with two attached hydrogens (primary N) is 1. The van der Waals surface area contributed by atoms with Crippen molar-refractivity contribution in [1.29, 1.82) is 0 Å². The topological polar surface area (TPSA) is 106 Å². The van der Waals surface area contributed by atoms with E-state index in [4.69, 9.17) is 10.2 Å². The number of aryl methyl sites for hydroxylation is 1. The number of nitrogens with zero attached hydrogens (tertiary/aromatic N) is 3. The van der Waals surface area contributed by atoms with Gasteiger partial charge < -0.3 is 10.2 Å². The number of nitrogens with one attached hydrogen (secondary N) is 1. The Labute approximate surface area is 125 Å². The summed E-state index contributed by atoms with van der Waals surface area (Å²) in [5.41, 5.74) is 7.25. The molecule has 7 heteroatoms. The highest BCUT2D eigenvalue weighted by molar-refractivity contribution is 6.04. The van der Waals surface area contributed by atoms with Gasteiger partial charge in [0.25, 0.3) is 11.9 Å². The lowest BCUT2D eigenvalue weighted by molar-refractivity contribution is 0.0949. The standard InChI is InChI=1S/C15H13N5O2/c1-9-10-5-2-3-6-11(10)18-15(17-9)20-14(16)19-13(21)12-7-4-8-22-12/h2-8H,1H3,(H3,16,17,18,19,20,21). The van der Waals surface area contributed by atoms with E-state index in [-0.39, 0.29) is 17.7 Å². The van der Waals surface area contributed by atoms with Crippen LogP contribution in [0.5, 0.6) is 0 Å². The number of amides is 1. The van der Waals surface area contributed by atoms with Crippen molar-refractivity contribution in [3.63, 3.8) is 0 Å². The minimum atomic E-state index is -0.483. The van der Waals surface area contributed by atoms with E-state index >= 15 is 0 Å². The average molecular weight is 295 g/mol. The van der Waals surface area contributed by atoms with Gasteiger partial charge >= 0.3 is 0 Å². The number of carbonyl (C=O) groups excluding carboxylic acids is 1. The zero-order chi connectivity index (χ0) is 15.5. The zero-order valence-electron chi connectivity index (χ0n) is 11.8. The van der Waals surface area contributed by atoms with E-state index in [1.54, 1.807) is 6.07 Å². The molecule has 1 aromatic carbocycles. The van der Waals surface area contributed by atoms with Crippen molar-refractivity contribution < 1.29 is 9.21 Å². The molecular weight excluding hydrogens is 282 g/mol. The van der Waals surface area contributed by atoms with Gasteiger partial charge in [-0.3, -0.25) is 10.1 Å². The quantitative estimate of drug-likeness (QED) is 0.554. The maximum Gasteiger partial charge on any atom is 0.293 e. The number of fused-ring (bicyclic) bond motifs is 1. The highest BCUT2D eigenvalue weighted by atomic mass is 16.3. The molecule has 3 rings (SSSR count). The van der Waals surface area contributed by atoms with Crippen LogP contribution in [-0.4, -0.2) is 21.8 Å². The maximum absolute atomic E-state index is 11.8. The Hall–Kier alpha value is -3.22. The Morgan fingerprint density at radius 1 is 1.23 bits per heavy atom. The molecule has 0 bridgehead atoms. The Bertz CT molecular complexity index is 856. The van der Waals surface area contributed by atoms with Gasteiger partial charge in [0.2, 0.25) is 5.96 Å². The van der Waals surface area contributed by atoms with Crippen LogP contribution in [0.1, 0.15) is 16.2 Å². The van der Waals surface area contributed by atoms with Crippen LogP contribution in [0.25, 0.3) is 10.9 Å². The molecular formula is C15H13N5O2. The van der Waals surface area contributed by atoms with E-state index in [1.165, 1.54) is 12.3 Å². The number of benzene rings is 1. The first kappa shape index (κ1) is 13.7. The van der Waals surface area contributed by atoms with Crippen molar-refractivity contribution in [1.82, 2.24) is 15.3 Å². The SMILES string of the molecule is Cc1nc(N=C(N)NC(=O)c2ccco2)nc2ccccc12. The molecule has 22 heavy (non-hydrogen) atoms. The third-order valence-electron chi connectivity index (χ3n) is 2.99. The van der Waals surface area contributed by atoms with Crippen LogP contribution in [-0.2, 0) is 0 Å². The average Bonchev–Trinajstić information content (AvgIpc) is 3.01. The smallest absolute Gasteiger partial charge is 0.293 e. The van der Waals surface area contributed by atoms with Gasteiger partial charge in [0.05, 0.1) is 17.5 Å². The van der Waals surface area contributed by atoms with E-state index in [9.17, 15) is 4.79 Å². The van der Waals surface area contributed by atoms with Gasteiger partial charge in [-0.15, -0.1) is 0 Å². The highest BCUT2D eigenvalue weighted by Gasteiger charge is 2.10. The van der Waals surface area contributed by atoms with E-state index in [0.29, 0.717) is 0 Å². The summed E-state index contributed by atoms with van der Waals surface area (Å²) in [5, 5.41) is 3.36. The van der Waals surface area contributed by atoms with Crippen molar-refractivity contribution in [3.05, 3.63) is 54.1 Å². The minimum absolute atomic E-state index is 0.101. The van der Waals surface area contributed by atoms with Crippen molar-refractivity contribution in [2.24, 2.45) is 10.7 Å². The minimum Gasteiger partial charge on any atom is -0.459 e. The number of furan rings is 1. The fourth-order valence-electron chi connectivity index (χ4n) is 1.99. The first-order valence-corrected chi connectivity index (χ1v) is 6.56. The molecule has 0 atom stereocenters. The monoisotopic (exact) mass is 295 g/mol. The van der Waals surface area contributed by atoms with Crippen molar-refractivity contribution in [3.8, 4) is 0 Å². The molecule has 3 aromatic rings. The molecule has 0 spiro atoms. The molecule has 3 N–H and O–H groups in total. The third kappa shape index (κ3) is 2.78. The van der Waals surface area contributed by atoms with Gasteiger partial charge in [0.1, 0.15) is 0 Å². The Morgan fingerprint density at radius 2 is 2.05 bits per heavy atom. The summed E-state index contributed by atoms with van der Waals surface area (Å²) in [5.74, 6) is -0.248. The number of hydrogen-bond acceptors (Lipinski definition) is 5. The summed E-state index contributed by atoms with van der Waals surface area (Å²) in [7, 11) is 0. The Balaban J connectivity index is 1.86. The summed E-state index contributed by atoms with van der Waals surface area (Å²) < 4.78 is 4.97. The summed E-state index contributed by atoms with van der Waals surface area (Å²) >= 11 is 0. The molecule has 0 saturated heterocycles. The fourth-order valence-corrected chi connectivity index (χ4v) is 1.99. The maximum atomic E-state index is 11.8. The van der Waals surface area contributed by atoms with Gasteiger partial charge in [-0.25, -0.2) is 9.97 Å². The van der Waals surface area contributed by atoms with E-state index in [2.05, 4.69) is 20.3 Å². The lowest BCUT2D eigenvalue weighted by atomic mass is 10.2. The molecule has 0 unspecified atom stereocenters. The van der Waals surface area contributed by atoms with Crippen LogP contribution in [0.2, 0.25) is 0 Å². The van der Waals surface area contributed by atoms with Crippen LogP contribution in [0.15, 0.2) is 52.1 Å². The highest BCUT2D eigenvalue weighted by Crippen LogP contribution is 2.17. The Morgan fingerprint density at radius 3 is 2.82 bits per heavy atom. The number of hydrogen-bond donors (Lipinski definition) is 2. The molecule has 0 aliphatic carbocycles. The predicted octanol–water partition coefficient (Wildman–Crippen LogP) is 1.91. The van der Waals surface area contributed by atoms with Gasteiger partial charge in [-0.1, -0.05) is 18.2 Å². The fraction of sp³-hybridized carbons (Fsp3) is 0.0667. The molecule has 110 valence electrons. The number of carbonyl (C=O) groups is 1. The lowest BCUT2D eigenvalue weighted by Crippen LogP contribution is -2.36. The molecule has 0 saturated carbocycles. The molecule has 2 aromatic heterocycles. The largest absolute Gasteiger partial charge is 0.459 e. The zero-order valence-corrected chi connectivity index (χ0v) is 11.8. The summed E-state index contributed by atoms with van der Waals surface area (Å²) in [6.45, 7) is 1.86.